The Labute approximate surface area is 108 Å². The van der Waals surface area contributed by atoms with E-state index in [4.69, 9.17) is 0 Å². The van der Waals surface area contributed by atoms with Gasteiger partial charge in [-0.05, 0) is 49.1 Å². The average molecular weight is 242 g/mol. The number of rotatable bonds is 3. The molecule has 1 heterocycles. The molecule has 2 N–H and O–H groups in total. The van der Waals surface area contributed by atoms with Gasteiger partial charge in [0.25, 0.3) is 0 Å². The van der Waals surface area contributed by atoms with Gasteiger partial charge in [0.1, 0.15) is 5.75 Å². The third-order valence-electron chi connectivity index (χ3n) is 3.07. The molecule has 0 fully saturated rings. The van der Waals surface area contributed by atoms with Crippen LogP contribution in [0.2, 0.25) is 0 Å². The number of anilines is 1. The van der Waals surface area contributed by atoms with Gasteiger partial charge in [0.15, 0.2) is 0 Å². The van der Waals surface area contributed by atoms with Crippen molar-refractivity contribution < 1.29 is 5.11 Å². The fraction of sp³-hybridized carbons (Fsp3) is 0.267. The second kappa shape index (κ2) is 5.08. The van der Waals surface area contributed by atoms with Crippen LogP contribution in [0.5, 0.6) is 5.75 Å². The molecule has 18 heavy (non-hydrogen) atoms. The topological polar surface area (TPSA) is 45.2 Å². The molecule has 94 valence electrons. The molecule has 0 saturated carbocycles. The van der Waals surface area contributed by atoms with Crippen LogP contribution in [-0.2, 0) is 6.54 Å². The highest BCUT2D eigenvalue weighted by Gasteiger charge is 2.04. The highest BCUT2D eigenvalue weighted by molar-refractivity contribution is 5.49. The van der Waals surface area contributed by atoms with Gasteiger partial charge in [-0.1, -0.05) is 12.1 Å². The van der Waals surface area contributed by atoms with E-state index in [0.717, 1.165) is 28.9 Å². The van der Waals surface area contributed by atoms with Crippen LogP contribution in [0.4, 0.5) is 5.69 Å². The number of aryl methyl sites for hydroxylation is 3. The minimum absolute atomic E-state index is 0.385. The number of aromatic hydroxyl groups is 1. The average Bonchev–Trinajstić information content (AvgIpc) is 2.35. The number of aromatic nitrogens is 1. The molecule has 0 spiro atoms. The first kappa shape index (κ1) is 12.4. The number of nitrogens with one attached hydrogen (secondary N) is 1. The van der Waals surface area contributed by atoms with Gasteiger partial charge >= 0.3 is 0 Å². The quantitative estimate of drug-likeness (QED) is 0.867. The van der Waals surface area contributed by atoms with Crippen LogP contribution >= 0.6 is 0 Å². The molecule has 2 rings (SSSR count). The summed E-state index contributed by atoms with van der Waals surface area (Å²) in [5, 5.41) is 13.1. The van der Waals surface area contributed by atoms with Crippen molar-refractivity contribution in [3.8, 4) is 5.75 Å². The van der Waals surface area contributed by atoms with Gasteiger partial charge in [-0.3, -0.25) is 4.98 Å². The van der Waals surface area contributed by atoms with E-state index in [2.05, 4.69) is 17.2 Å². The van der Waals surface area contributed by atoms with Crippen LogP contribution < -0.4 is 5.32 Å². The monoisotopic (exact) mass is 242 g/mol. The molecule has 0 radical (unpaired) electrons. The molecule has 1 aromatic carbocycles. The molecule has 0 unspecified atom stereocenters. The molecule has 3 nitrogen and oxygen atoms in total. The summed E-state index contributed by atoms with van der Waals surface area (Å²) >= 11 is 0. The summed E-state index contributed by atoms with van der Waals surface area (Å²) in [5.41, 5.74) is 5.20. The van der Waals surface area contributed by atoms with Gasteiger partial charge in [-0.2, -0.15) is 0 Å². The molecule has 0 aliphatic rings. The first-order valence-corrected chi connectivity index (χ1v) is 6.01. The molecule has 1 aromatic heterocycles. The van der Waals surface area contributed by atoms with E-state index >= 15 is 0 Å². The molecule has 0 saturated heterocycles. The van der Waals surface area contributed by atoms with Crippen LogP contribution in [0.25, 0.3) is 0 Å². The van der Waals surface area contributed by atoms with E-state index in [1.807, 2.05) is 38.2 Å². The molecular weight excluding hydrogens is 224 g/mol. The maximum Gasteiger partial charge on any atom is 0.121 e. The first-order chi connectivity index (χ1) is 8.58. The maximum atomic E-state index is 9.73. The predicted molar refractivity (Wildman–Crippen MR) is 73.9 cm³/mol. The zero-order valence-electron chi connectivity index (χ0n) is 11.0. The lowest BCUT2D eigenvalue weighted by Crippen LogP contribution is -2.02. The van der Waals surface area contributed by atoms with Gasteiger partial charge in [-0.15, -0.1) is 0 Å². The van der Waals surface area contributed by atoms with Crippen LogP contribution in [0, 0.1) is 20.8 Å². The Bertz CT molecular complexity index is 541. The van der Waals surface area contributed by atoms with Crippen molar-refractivity contribution >= 4 is 5.69 Å². The smallest absolute Gasteiger partial charge is 0.121 e. The van der Waals surface area contributed by atoms with Crippen molar-refractivity contribution in [1.82, 2.24) is 4.98 Å². The Morgan fingerprint density at radius 3 is 2.39 bits per heavy atom. The second-order valence-corrected chi connectivity index (χ2v) is 4.62. The standard InChI is InChI=1S/C15H18N2O/c1-10-4-5-16-9-14(10)17-8-13-6-11(2)15(18)12(3)7-13/h4-7,9,17-18H,8H2,1-3H3. The summed E-state index contributed by atoms with van der Waals surface area (Å²) in [7, 11) is 0. The summed E-state index contributed by atoms with van der Waals surface area (Å²) in [5.74, 6) is 0.385. The van der Waals surface area contributed by atoms with E-state index in [0.29, 0.717) is 5.75 Å². The number of pyridine rings is 1. The van der Waals surface area contributed by atoms with Crippen LogP contribution in [-0.4, -0.2) is 10.1 Å². The number of phenols is 1. The summed E-state index contributed by atoms with van der Waals surface area (Å²) in [6, 6.07) is 5.98. The molecular formula is C15H18N2O. The lowest BCUT2D eigenvalue weighted by molar-refractivity contribution is 0.466. The zero-order valence-corrected chi connectivity index (χ0v) is 11.0. The van der Waals surface area contributed by atoms with Crippen LogP contribution in [0.15, 0.2) is 30.6 Å². The molecule has 0 amide bonds. The lowest BCUT2D eigenvalue weighted by Gasteiger charge is -2.11. The van der Waals surface area contributed by atoms with Crippen molar-refractivity contribution in [3.63, 3.8) is 0 Å². The first-order valence-electron chi connectivity index (χ1n) is 6.01. The largest absolute Gasteiger partial charge is 0.507 e. The van der Waals surface area contributed by atoms with Gasteiger partial charge in [0.2, 0.25) is 0 Å². The third-order valence-corrected chi connectivity index (χ3v) is 3.07. The maximum absolute atomic E-state index is 9.73. The van der Waals surface area contributed by atoms with Crippen molar-refractivity contribution in [1.29, 1.82) is 0 Å². The molecule has 0 aliphatic heterocycles. The number of benzene rings is 1. The second-order valence-electron chi connectivity index (χ2n) is 4.62. The van der Waals surface area contributed by atoms with E-state index in [-0.39, 0.29) is 0 Å². The highest BCUT2D eigenvalue weighted by atomic mass is 16.3. The Balaban J connectivity index is 2.14. The predicted octanol–water partition coefficient (Wildman–Crippen LogP) is 3.32. The normalized spacial score (nSPS) is 10.4. The lowest BCUT2D eigenvalue weighted by atomic mass is 10.1. The van der Waals surface area contributed by atoms with Crippen molar-refractivity contribution in [3.05, 3.63) is 52.8 Å². The summed E-state index contributed by atoms with van der Waals surface area (Å²) < 4.78 is 0. The molecule has 2 aromatic rings. The van der Waals surface area contributed by atoms with Crippen molar-refractivity contribution in [2.24, 2.45) is 0 Å². The van der Waals surface area contributed by atoms with E-state index in [9.17, 15) is 5.11 Å². The summed E-state index contributed by atoms with van der Waals surface area (Å²) in [6.45, 7) is 6.62. The van der Waals surface area contributed by atoms with Gasteiger partial charge in [0.05, 0.1) is 11.9 Å². The van der Waals surface area contributed by atoms with Gasteiger partial charge in [0, 0.05) is 12.7 Å². The summed E-state index contributed by atoms with van der Waals surface area (Å²) in [4.78, 5) is 4.10. The fourth-order valence-corrected chi connectivity index (χ4v) is 1.99. The molecule has 0 bridgehead atoms. The molecule has 0 atom stereocenters. The summed E-state index contributed by atoms with van der Waals surface area (Å²) in [6.07, 6.45) is 3.62. The number of hydrogen-bond donors (Lipinski definition) is 2. The minimum Gasteiger partial charge on any atom is -0.507 e. The van der Waals surface area contributed by atoms with Crippen LogP contribution in [0.3, 0.4) is 0 Å². The Morgan fingerprint density at radius 2 is 1.78 bits per heavy atom. The van der Waals surface area contributed by atoms with E-state index in [1.54, 1.807) is 6.20 Å². The SMILES string of the molecule is Cc1ccncc1NCc1cc(C)c(O)c(C)c1. The van der Waals surface area contributed by atoms with Gasteiger partial charge in [-0.25, -0.2) is 0 Å². The molecule has 3 heteroatoms. The van der Waals surface area contributed by atoms with Gasteiger partial charge < -0.3 is 10.4 Å². The molecule has 0 aliphatic carbocycles. The Morgan fingerprint density at radius 1 is 1.11 bits per heavy atom. The van der Waals surface area contributed by atoms with E-state index < -0.39 is 0 Å². The third kappa shape index (κ3) is 2.62. The Hall–Kier alpha value is -2.03. The van der Waals surface area contributed by atoms with Crippen molar-refractivity contribution in [2.75, 3.05) is 5.32 Å². The number of nitrogens with zero attached hydrogens (tertiary/aromatic N) is 1. The number of phenolic OH excluding ortho intramolecular Hbond substituents is 1. The zero-order chi connectivity index (χ0) is 13.1. The fourth-order valence-electron chi connectivity index (χ4n) is 1.99. The van der Waals surface area contributed by atoms with Crippen molar-refractivity contribution in [2.45, 2.75) is 27.3 Å². The Kier molecular flexibility index (Phi) is 3.51. The highest BCUT2D eigenvalue weighted by Crippen LogP contribution is 2.23. The minimum atomic E-state index is 0.385. The van der Waals surface area contributed by atoms with Crippen LogP contribution in [0.1, 0.15) is 22.3 Å². The number of hydrogen-bond acceptors (Lipinski definition) is 3. The van der Waals surface area contributed by atoms with E-state index in [1.165, 1.54) is 5.56 Å².